The van der Waals surface area contributed by atoms with Crippen molar-refractivity contribution in [1.82, 2.24) is 4.98 Å². The third-order valence-electron chi connectivity index (χ3n) is 2.93. The number of aldehydes is 1. The molecule has 109 valence electrons. The first-order chi connectivity index (χ1) is 9.74. The predicted octanol–water partition coefficient (Wildman–Crippen LogP) is 0.619. The van der Waals surface area contributed by atoms with Crippen molar-refractivity contribution < 1.29 is 83.4 Å². The van der Waals surface area contributed by atoms with E-state index in [0.717, 1.165) is 22.9 Å². The summed E-state index contributed by atoms with van der Waals surface area (Å²) in [5, 5.41) is 4.03. The first-order valence-electron chi connectivity index (χ1n) is 6.33. The predicted molar refractivity (Wildman–Crippen MR) is 82.1 cm³/mol. The second kappa shape index (κ2) is 11.5. The molecule has 3 nitrogen and oxygen atoms in total. The molecule has 0 atom stereocenters. The summed E-state index contributed by atoms with van der Waals surface area (Å²) in [5.74, 6) is 0. The number of fused-ring (bicyclic) bond motifs is 1. The Labute approximate surface area is 193 Å². The smallest absolute Gasteiger partial charge is 0.462 e. The van der Waals surface area contributed by atoms with Crippen LogP contribution in [0.4, 0.5) is 5.69 Å². The Hall–Kier alpha value is -0.0825. The molecule has 2 aromatic carbocycles. The fraction of sp³-hybridized carbons (Fsp3) is 0.118. The van der Waals surface area contributed by atoms with Crippen LogP contribution in [0.15, 0.2) is 42.5 Å². The fourth-order valence-corrected chi connectivity index (χ4v) is 1.89. The fourth-order valence-electron chi connectivity index (χ4n) is 1.89. The molecule has 3 aromatic rings. The molecule has 0 aliphatic heterocycles. The molecule has 0 aliphatic carbocycles. The van der Waals surface area contributed by atoms with Crippen molar-refractivity contribution in [2.24, 2.45) is 0 Å². The van der Waals surface area contributed by atoms with Gasteiger partial charge < -0.3 is 16.4 Å². The zero-order valence-corrected chi connectivity index (χ0v) is 20.5. The third kappa shape index (κ3) is 6.20. The summed E-state index contributed by atoms with van der Waals surface area (Å²) in [6.45, 7) is 2.02. The summed E-state index contributed by atoms with van der Waals surface area (Å²) in [4.78, 5) is 13.5. The maximum Gasteiger partial charge on any atom is 1.00 e. The number of benzene rings is 2. The molecule has 1 radical (unpaired) electrons. The molecule has 0 saturated carbocycles. The van der Waals surface area contributed by atoms with Crippen LogP contribution in [0, 0.1) is 19.1 Å². The maximum absolute atomic E-state index is 10.5. The van der Waals surface area contributed by atoms with Crippen molar-refractivity contribution in [3.05, 3.63) is 65.9 Å². The van der Waals surface area contributed by atoms with Gasteiger partial charge >= 0.3 is 58.2 Å². The largest absolute Gasteiger partial charge is 1.00 e. The van der Waals surface area contributed by atoms with E-state index in [1.807, 2.05) is 56.4 Å². The third-order valence-corrected chi connectivity index (χ3v) is 2.93. The summed E-state index contributed by atoms with van der Waals surface area (Å²) in [5.41, 5.74) is 3.84. The van der Waals surface area contributed by atoms with Gasteiger partial charge in [-0.15, -0.1) is 0 Å². The number of hydrogen-bond donors (Lipinski definition) is 2. The zero-order valence-electron chi connectivity index (χ0n) is 12.9. The van der Waals surface area contributed by atoms with Crippen LogP contribution in [0.25, 0.3) is 10.9 Å². The first kappa shape index (κ1) is 21.9. The molecule has 5 heteroatoms. The molecule has 3 rings (SSSR count). The van der Waals surface area contributed by atoms with E-state index in [1.54, 1.807) is 0 Å². The Balaban J connectivity index is 0.000000393. The molecule has 0 saturated heterocycles. The average molecular weight is 536 g/mol. The van der Waals surface area contributed by atoms with E-state index in [1.165, 1.54) is 5.56 Å². The van der Waals surface area contributed by atoms with E-state index in [2.05, 4.69) is 22.4 Å². The van der Waals surface area contributed by atoms with Crippen molar-refractivity contribution in [1.29, 1.82) is 0 Å². The molecule has 0 fully saturated rings. The molecule has 1 heterocycles. The van der Waals surface area contributed by atoms with Crippen LogP contribution in [0.2, 0.25) is 0 Å². The van der Waals surface area contributed by atoms with E-state index >= 15 is 0 Å². The summed E-state index contributed by atoms with van der Waals surface area (Å²) in [6.07, 6.45) is 0.833. The van der Waals surface area contributed by atoms with Gasteiger partial charge in [0.1, 0.15) is 0 Å². The number of carbonyl (C=O) groups excluding carboxylic acids is 1. The van der Waals surface area contributed by atoms with E-state index < -0.39 is 0 Å². The molecule has 0 amide bonds. The van der Waals surface area contributed by atoms with E-state index in [-0.39, 0.29) is 78.6 Å². The number of H-pyrrole nitrogens is 1. The van der Waals surface area contributed by atoms with Crippen molar-refractivity contribution in [2.45, 2.75) is 6.92 Å². The Kier molecular flexibility index (Phi) is 11.4. The molecular weight excluding hydrogens is 520 g/mol. The van der Waals surface area contributed by atoms with Gasteiger partial charge in [-0.3, -0.25) is 29.1 Å². The van der Waals surface area contributed by atoms with Gasteiger partial charge in [0, 0.05) is 31.3 Å². The monoisotopic (exact) mass is 536 g/mol. The molecule has 0 bridgehead atoms. The Morgan fingerprint density at radius 1 is 1.27 bits per heavy atom. The van der Waals surface area contributed by atoms with E-state index in [9.17, 15) is 4.79 Å². The molecule has 0 unspecified atom stereocenters. The molecule has 2 N–H and O–H groups in total. The molecule has 0 spiro atoms. The van der Waals surface area contributed by atoms with Gasteiger partial charge in [-0.1, -0.05) is 18.2 Å². The minimum atomic E-state index is 0. The average Bonchev–Trinajstić information content (AvgIpc) is 2.93. The van der Waals surface area contributed by atoms with Gasteiger partial charge in [-0.25, -0.2) is 0 Å². The first-order valence-corrected chi connectivity index (χ1v) is 6.33. The Morgan fingerprint density at radius 2 is 2.05 bits per heavy atom. The maximum atomic E-state index is 10.5. The van der Waals surface area contributed by atoms with Gasteiger partial charge in [-0.2, -0.15) is 5.69 Å². The van der Waals surface area contributed by atoms with Crippen molar-refractivity contribution in [3.8, 4) is 0 Å². The van der Waals surface area contributed by atoms with Gasteiger partial charge in [0.05, 0.1) is 5.69 Å². The molecule has 1 aromatic heterocycles. The number of anilines is 1. The standard InChI is InChI=1S/C10H9NO.C7H7N.Rb.Re/c1-7-3-2-4-8-5-9(6-12)11-10(7)8;1-8-7-5-3-2-4-6-7;;/h2-6,11H,1H3;2-3,6,8H,1H3;;/q;-2;+1;. The minimum absolute atomic E-state index is 0. The van der Waals surface area contributed by atoms with Crippen LogP contribution < -0.4 is 63.5 Å². The number of rotatable bonds is 2. The number of carbonyl (C=O) groups is 1. The van der Waals surface area contributed by atoms with Gasteiger partial charge in [0.2, 0.25) is 0 Å². The van der Waals surface area contributed by atoms with Crippen molar-refractivity contribution in [2.75, 3.05) is 12.4 Å². The number of nitrogens with one attached hydrogen (secondary N) is 2. The zero-order chi connectivity index (χ0) is 14.4. The van der Waals surface area contributed by atoms with Crippen molar-refractivity contribution >= 4 is 22.9 Å². The van der Waals surface area contributed by atoms with Crippen molar-refractivity contribution in [3.63, 3.8) is 0 Å². The number of aryl methyl sites for hydroxylation is 1. The summed E-state index contributed by atoms with van der Waals surface area (Å²) < 4.78 is 0. The second-order valence-electron chi connectivity index (χ2n) is 4.33. The summed E-state index contributed by atoms with van der Waals surface area (Å²) >= 11 is 0. The van der Waals surface area contributed by atoms with Crippen LogP contribution in [0.1, 0.15) is 16.1 Å². The van der Waals surface area contributed by atoms with Crippen LogP contribution in [0.5, 0.6) is 0 Å². The Morgan fingerprint density at radius 3 is 2.55 bits per heavy atom. The van der Waals surface area contributed by atoms with Crippen LogP contribution in [0.3, 0.4) is 0 Å². The van der Waals surface area contributed by atoms with Gasteiger partial charge in [0.15, 0.2) is 6.29 Å². The Bertz CT molecular complexity index is 698. The minimum Gasteiger partial charge on any atom is -0.462 e. The molecular formula is C17H16N2ORbRe-. The van der Waals surface area contributed by atoms with Crippen LogP contribution >= 0.6 is 0 Å². The number of para-hydroxylation sites is 1. The number of aromatic amines is 1. The molecule has 22 heavy (non-hydrogen) atoms. The number of aromatic nitrogens is 1. The second-order valence-corrected chi connectivity index (χ2v) is 4.33. The van der Waals surface area contributed by atoms with Crippen LogP contribution in [-0.4, -0.2) is 18.3 Å². The van der Waals surface area contributed by atoms with E-state index in [4.69, 9.17) is 0 Å². The van der Waals surface area contributed by atoms with Crippen LogP contribution in [-0.2, 0) is 20.4 Å². The van der Waals surface area contributed by atoms with Gasteiger partial charge in [-0.05, 0) is 25.6 Å². The molecule has 0 aliphatic rings. The topological polar surface area (TPSA) is 44.9 Å². The van der Waals surface area contributed by atoms with E-state index in [0.29, 0.717) is 5.69 Å². The van der Waals surface area contributed by atoms with Gasteiger partial charge in [0.25, 0.3) is 0 Å². The summed E-state index contributed by atoms with van der Waals surface area (Å²) in [6, 6.07) is 19.2. The SMILES string of the molecule is CNc1[c-]cc[c-]c1.Cc1cccc2cc(C=O)[nH]c12.[Rb+].[Re]. The summed E-state index contributed by atoms with van der Waals surface area (Å²) in [7, 11) is 1.86. The normalized spacial score (nSPS) is 8.82. The quantitative estimate of drug-likeness (QED) is 0.373. The number of hydrogen-bond acceptors (Lipinski definition) is 2.